The van der Waals surface area contributed by atoms with Crippen LogP contribution in [0.3, 0.4) is 0 Å². The number of hydrogen-bond donors (Lipinski definition) is 1. The second-order valence-electron chi connectivity index (χ2n) is 8.14. The maximum Gasteiger partial charge on any atom is 0.156 e. The lowest BCUT2D eigenvalue weighted by Gasteiger charge is -2.34. The number of para-hydroxylation sites is 1. The summed E-state index contributed by atoms with van der Waals surface area (Å²) >= 11 is 0. The van der Waals surface area contributed by atoms with E-state index < -0.39 is 0 Å². The first kappa shape index (κ1) is 19.1. The molecule has 0 saturated carbocycles. The quantitative estimate of drug-likeness (QED) is 0.509. The predicted octanol–water partition coefficient (Wildman–Crippen LogP) is 4.69. The van der Waals surface area contributed by atoms with Crippen LogP contribution in [0.25, 0.3) is 22.4 Å². The minimum Gasteiger partial charge on any atom is -0.454 e. The molecule has 1 N–H and O–H groups in total. The third kappa shape index (κ3) is 3.91. The molecule has 5 nitrogen and oxygen atoms in total. The molecule has 30 heavy (non-hydrogen) atoms. The molecule has 0 radical (unpaired) electrons. The van der Waals surface area contributed by atoms with E-state index in [4.69, 9.17) is 9.52 Å². The summed E-state index contributed by atoms with van der Waals surface area (Å²) in [5.74, 6) is 0.801. The summed E-state index contributed by atoms with van der Waals surface area (Å²) in [6, 6.07) is 20.8. The Labute approximate surface area is 176 Å². The van der Waals surface area contributed by atoms with Gasteiger partial charge in [0, 0.05) is 29.7 Å². The number of nitrogens with zero attached hydrogens (tertiary/aromatic N) is 3. The van der Waals surface area contributed by atoms with Crippen LogP contribution in [-0.2, 0) is 13.1 Å². The molecule has 0 bridgehead atoms. The van der Waals surface area contributed by atoms with Crippen LogP contribution in [0.15, 0.2) is 71.3 Å². The lowest BCUT2D eigenvalue weighted by atomic mass is 10.0. The highest BCUT2D eigenvalue weighted by atomic mass is 16.3. The van der Waals surface area contributed by atoms with Crippen LogP contribution < -0.4 is 0 Å². The molecule has 0 spiro atoms. The van der Waals surface area contributed by atoms with Crippen LogP contribution in [0.1, 0.15) is 30.4 Å². The molecule has 5 rings (SSSR count). The summed E-state index contributed by atoms with van der Waals surface area (Å²) in [7, 11) is 0. The SMILES string of the molecule is OCC1CCCCN1Cc1cn(Cc2ccccc2)nc1-c1cc2ccccc2o1. The fraction of sp³-hybridized carbons (Fsp3) is 0.320. The van der Waals surface area contributed by atoms with Crippen molar-refractivity contribution in [2.24, 2.45) is 0 Å². The van der Waals surface area contributed by atoms with E-state index in [0.29, 0.717) is 0 Å². The summed E-state index contributed by atoms with van der Waals surface area (Å²) in [6.45, 7) is 2.71. The summed E-state index contributed by atoms with van der Waals surface area (Å²) in [5, 5.41) is 15.8. The third-order valence-electron chi connectivity index (χ3n) is 6.02. The van der Waals surface area contributed by atoms with Crippen molar-refractivity contribution in [3.63, 3.8) is 0 Å². The fourth-order valence-corrected chi connectivity index (χ4v) is 4.43. The standard InChI is InChI=1S/C25H27N3O2/c29-18-22-11-6-7-13-27(22)16-21-17-28(15-19-8-2-1-3-9-19)26-25(21)24-14-20-10-4-5-12-23(20)30-24/h1-5,8-10,12,14,17,22,29H,6-7,11,13,15-16,18H2. The Hall–Kier alpha value is -2.89. The molecule has 4 aromatic rings. The van der Waals surface area contributed by atoms with Crippen molar-refractivity contribution in [2.75, 3.05) is 13.2 Å². The van der Waals surface area contributed by atoms with Gasteiger partial charge in [0.05, 0.1) is 13.2 Å². The Bertz CT molecular complexity index is 1080. The first-order valence-electron chi connectivity index (χ1n) is 10.7. The van der Waals surface area contributed by atoms with Crippen molar-refractivity contribution in [3.8, 4) is 11.5 Å². The number of furan rings is 1. The van der Waals surface area contributed by atoms with Crippen LogP contribution in [0.5, 0.6) is 0 Å². The van der Waals surface area contributed by atoms with Crippen molar-refractivity contribution in [3.05, 3.63) is 78.0 Å². The molecule has 1 aliphatic heterocycles. The van der Waals surface area contributed by atoms with Gasteiger partial charge in [-0.1, -0.05) is 55.0 Å². The highest BCUT2D eigenvalue weighted by Crippen LogP contribution is 2.31. The van der Waals surface area contributed by atoms with Gasteiger partial charge >= 0.3 is 0 Å². The molecule has 5 heteroatoms. The lowest BCUT2D eigenvalue weighted by Crippen LogP contribution is -2.41. The number of aliphatic hydroxyl groups is 1. The van der Waals surface area contributed by atoms with Gasteiger partial charge in [-0.05, 0) is 37.1 Å². The van der Waals surface area contributed by atoms with Crippen molar-refractivity contribution in [2.45, 2.75) is 38.4 Å². The van der Waals surface area contributed by atoms with Crippen molar-refractivity contribution in [1.82, 2.24) is 14.7 Å². The van der Waals surface area contributed by atoms with Crippen LogP contribution in [0, 0.1) is 0 Å². The first-order valence-corrected chi connectivity index (χ1v) is 10.7. The zero-order chi connectivity index (χ0) is 20.3. The normalized spacial score (nSPS) is 17.6. The Kier molecular flexibility index (Phi) is 5.39. The Balaban J connectivity index is 1.51. The molecule has 1 unspecified atom stereocenters. The molecule has 1 atom stereocenters. The van der Waals surface area contributed by atoms with Crippen LogP contribution in [0.4, 0.5) is 0 Å². The summed E-state index contributed by atoms with van der Waals surface area (Å²) < 4.78 is 8.16. The fourth-order valence-electron chi connectivity index (χ4n) is 4.43. The van der Waals surface area contributed by atoms with E-state index in [0.717, 1.165) is 54.0 Å². The van der Waals surface area contributed by atoms with Crippen molar-refractivity contribution in [1.29, 1.82) is 0 Å². The minimum atomic E-state index is 0.206. The molecule has 154 valence electrons. The van der Waals surface area contributed by atoms with E-state index in [9.17, 15) is 5.11 Å². The molecule has 2 aromatic carbocycles. The Morgan fingerprint density at radius 1 is 1.00 bits per heavy atom. The molecule has 1 saturated heterocycles. The number of likely N-dealkylation sites (tertiary alicyclic amines) is 1. The summed E-state index contributed by atoms with van der Waals surface area (Å²) in [5.41, 5.74) is 4.13. The number of aliphatic hydroxyl groups excluding tert-OH is 1. The van der Waals surface area contributed by atoms with Gasteiger partial charge < -0.3 is 9.52 Å². The molecule has 3 heterocycles. The Morgan fingerprint density at radius 3 is 2.67 bits per heavy atom. The lowest BCUT2D eigenvalue weighted by molar-refractivity contribution is 0.0842. The molecular weight excluding hydrogens is 374 g/mol. The molecule has 1 fully saturated rings. The van der Waals surface area contributed by atoms with Gasteiger partial charge in [-0.3, -0.25) is 9.58 Å². The van der Waals surface area contributed by atoms with Crippen LogP contribution in [-0.4, -0.2) is 39.0 Å². The smallest absolute Gasteiger partial charge is 0.156 e. The largest absolute Gasteiger partial charge is 0.454 e. The van der Waals surface area contributed by atoms with Gasteiger partial charge in [-0.15, -0.1) is 0 Å². The maximum absolute atomic E-state index is 9.84. The van der Waals surface area contributed by atoms with Gasteiger partial charge in [-0.2, -0.15) is 5.10 Å². The van der Waals surface area contributed by atoms with Gasteiger partial charge in [0.25, 0.3) is 0 Å². The van der Waals surface area contributed by atoms with Gasteiger partial charge in [0.2, 0.25) is 0 Å². The Morgan fingerprint density at radius 2 is 1.83 bits per heavy atom. The molecule has 2 aromatic heterocycles. The molecule has 1 aliphatic rings. The number of hydrogen-bond acceptors (Lipinski definition) is 4. The van der Waals surface area contributed by atoms with Gasteiger partial charge in [0.15, 0.2) is 5.76 Å². The highest BCUT2D eigenvalue weighted by molar-refractivity contribution is 5.82. The number of rotatable bonds is 6. The van der Waals surface area contributed by atoms with E-state index in [-0.39, 0.29) is 12.6 Å². The second kappa shape index (κ2) is 8.46. The second-order valence-corrected chi connectivity index (χ2v) is 8.14. The number of fused-ring (bicyclic) bond motifs is 1. The first-order chi connectivity index (χ1) is 14.8. The van der Waals surface area contributed by atoms with Crippen LogP contribution >= 0.6 is 0 Å². The zero-order valence-electron chi connectivity index (χ0n) is 17.1. The zero-order valence-corrected chi connectivity index (χ0v) is 17.1. The van der Waals surface area contributed by atoms with E-state index in [1.54, 1.807) is 0 Å². The predicted molar refractivity (Wildman–Crippen MR) is 118 cm³/mol. The molecular formula is C25H27N3O2. The number of aromatic nitrogens is 2. The topological polar surface area (TPSA) is 54.4 Å². The van der Waals surface area contributed by atoms with E-state index in [2.05, 4.69) is 47.5 Å². The average molecular weight is 402 g/mol. The average Bonchev–Trinajstić information content (AvgIpc) is 3.38. The highest BCUT2D eigenvalue weighted by Gasteiger charge is 2.25. The molecule has 0 amide bonds. The summed E-state index contributed by atoms with van der Waals surface area (Å²) in [6.07, 6.45) is 5.55. The van der Waals surface area contributed by atoms with Gasteiger partial charge in [-0.25, -0.2) is 0 Å². The maximum atomic E-state index is 9.84. The monoisotopic (exact) mass is 401 g/mol. The summed E-state index contributed by atoms with van der Waals surface area (Å²) in [4.78, 5) is 2.39. The van der Waals surface area contributed by atoms with E-state index in [1.807, 2.05) is 28.9 Å². The minimum absolute atomic E-state index is 0.206. The van der Waals surface area contributed by atoms with E-state index in [1.165, 1.54) is 18.4 Å². The third-order valence-corrected chi connectivity index (χ3v) is 6.02. The number of benzene rings is 2. The van der Waals surface area contributed by atoms with Crippen molar-refractivity contribution >= 4 is 11.0 Å². The van der Waals surface area contributed by atoms with Crippen LogP contribution in [0.2, 0.25) is 0 Å². The van der Waals surface area contributed by atoms with Crippen molar-refractivity contribution < 1.29 is 9.52 Å². The van der Waals surface area contributed by atoms with Gasteiger partial charge in [0.1, 0.15) is 11.3 Å². The van der Waals surface area contributed by atoms with E-state index >= 15 is 0 Å². The number of piperidine rings is 1. The molecule has 0 aliphatic carbocycles.